The van der Waals surface area contributed by atoms with Gasteiger partial charge < -0.3 is 10.1 Å². The highest BCUT2D eigenvalue weighted by Gasteiger charge is 2.33. The average molecular weight is 272 g/mol. The number of anilines is 1. The fourth-order valence-corrected chi connectivity index (χ4v) is 1.37. The highest BCUT2D eigenvalue weighted by atomic mass is 19.4. The first-order valence-corrected chi connectivity index (χ1v) is 5.28. The van der Waals surface area contributed by atoms with Gasteiger partial charge in [0, 0.05) is 12.8 Å². The monoisotopic (exact) mass is 272 g/mol. The van der Waals surface area contributed by atoms with Crippen LogP contribution in [-0.2, 0) is 15.7 Å². The molecule has 19 heavy (non-hydrogen) atoms. The first kappa shape index (κ1) is 15.0. The third-order valence-corrected chi connectivity index (χ3v) is 2.26. The zero-order chi connectivity index (χ0) is 14.5. The van der Waals surface area contributed by atoms with Crippen LogP contribution in [0.4, 0.5) is 18.9 Å². The van der Waals surface area contributed by atoms with E-state index in [0.717, 1.165) is 12.1 Å². The quantitative estimate of drug-likeness (QED) is 0.916. The lowest BCUT2D eigenvalue weighted by molar-refractivity contribution is -0.137. The minimum Gasteiger partial charge on any atom is -0.384 e. The van der Waals surface area contributed by atoms with Crippen molar-refractivity contribution in [1.82, 2.24) is 0 Å². The molecule has 0 atom stereocenters. The summed E-state index contributed by atoms with van der Waals surface area (Å²) in [5.41, 5.74) is -1.56. The molecule has 0 radical (unpaired) electrons. The summed E-state index contributed by atoms with van der Waals surface area (Å²) in [6, 6.07) is 4.47. The van der Waals surface area contributed by atoms with Crippen molar-refractivity contribution in [3.63, 3.8) is 0 Å². The molecule has 0 aromatic heterocycles. The number of nitriles is 1. The van der Waals surface area contributed by atoms with Crippen LogP contribution >= 0.6 is 0 Å². The molecule has 0 heterocycles. The topological polar surface area (TPSA) is 62.1 Å². The van der Waals surface area contributed by atoms with Crippen LogP contribution in [0.25, 0.3) is 0 Å². The van der Waals surface area contributed by atoms with Crippen molar-refractivity contribution in [3.05, 3.63) is 29.3 Å². The lowest BCUT2D eigenvalue weighted by Crippen LogP contribution is -2.15. The Hall–Kier alpha value is -2.07. The summed E-state index contributed by atoms with van der Waals surface area (Å²) in [6.45, 7) is 0.175. The molecule has 0 fully saturated rings. The smallest absolute Gasteiger partial charge is 0.384 e. The van der Waals surface area contributed by atoms with E-state index in [4.69, 9.17) is 5.26 Å². The Bertz CT molecular complexity index is 507. The van der Waals surface area contributed by atoms with Gasteiger partial charge >= 0.3 is 6.18 Å². The van der Waals surface area contributed by atoms with Crippen molar-refractivity contribution < 1.29 is 22.7 Å². The summed E-state index contributed by atoms with van der Waals surface area (Å²) in [5, 5.41) is 10.9. The summed E-state index contributed by atoms with van der Waals surface area (Å²) < 4.78 is 42.7. The van der Waals surface area contributed by atoms with E-state index in [2.05, 4.69) is 10.1 Å². The maximum atomic E-state index is 12.7. The lowest BCUT2D eigenvalue weighted by Gasteiger charge is -2.11. The first-order chi connectivity index (χ1) is 8.88. The Kier molecular flexibility index (Phi) is 4.89. The lowest BCUT2D eigenvalue weighted by atomic mass is 10.1. The molecule has 0 unspecified atom stereocenters. The first-order valence-electron chi connectivity index (χ1n) is 5.28. The van der Waals surface area contributed by atoms with Crippen LogP contribution in [0.15, 0.2) is 18.2 Å². The van der Waals surface area contributed by atoms with E-state index in [1.165, 1.54) is 19.2 Å². The predicted molar refractivity (Wildman–Crippen MR) is 61.3 cm³/mol. The number of methoxy groups -OCH3 is 1. The van der Waals surface area contributed by atoms with E-state index < -0.39 is 23.2 Å². The Balaban J connectivity index is 2.94. The molecule has 4 nitrogen and oxygen atoms in total. The number of carbonyl (C=O) groups excluding carboxylic acids is 1. The van der Waals surface area contributed by atoms with Crippen molar-refractivity contribution in [3.8, 4) is 6.07 Å². The van der Waals surface area contributed by atoms with Crippen LogP contribution in [0.2, 0.25) is 0 Å². The molecule has 0 saturated heterocycles. The number of nitrogens with zero attached hydrogens (tertiary/aromatic N) is 1. The van der Waals surface area contributed by atoms with Crippen LogP contribution in [0.3, 0.4) is 0 Å². The molecule has 1 aromatic rings. The minimum absolute atomic E-state index is 0.00701. The molecule has 0 spiro atoms. The highest BCUT2D eigenvalue weighted by Crippen LogP contribution is 2.33. The highest BCUT2D eigenvalue weighted by molar-refractivity contribution is 5.91. The molecule has 1 aromatic carbocycles. The molecule has 0 aliphatic heterocycles. The van der Waals surface area contributed by atoms with Gasteiger partial charge in [-0.2, -0.15) is 18.4 Å². The largest absolute Gasteiger partial charge is 0.417 e. The van der Waals surface area contributed by atoms with Gasteiger partial charge in [0.1, 0.15) is 0 Å². The van der Waals surface area contributed by atoms with Gasteiger partial charge in [-0.15, -0.1) is 0 Å². The molecule has 0 saturated carbocycles. The van der Waals surface area contributed by atoms with Gasteiger partial charge in [-0.05, 0) is 18.2 Å². The summed E-state index contributed by atoms with van der Waals surface area (Å²) in [6.07, 6.45) is -4.60. The van der Waals surface area contributed by atoms with Crippen LogP contribution in [-0.4, -0.2) is 19.6 Å². The second kappa shape index (κ2) is 6.20. The van der Waals surface area contributed by atoms with Gasteiger partial charge in [0.05, 0.1) is 30.2 Å². The van der Waals surface area contributed by atoms with Crippen molar-refractivity contribution >= 4 is 11.6 Å². The second-order valence-corrected chi connectivity index (χ2v) is 3.66. The van der Waals surface area contributed by atoms with Gasteiger partial charge in [0.25, 0.3) is 0 Å². The van der Waals surface area contributed by atoms with Gasteiger partial charge in [-0.25, -0.2) is 0 Å². The Labute approximate surface area is 107 Å². The number of rotatable bonds is 4. The molecule has 1 rings (SSSR count). The SMILES string of the molecule is COCCC(=O)Nc1ccc(C#N)c(C(F)(F)F)c1. The Morgan fingerprint density at radius 3 is 2.68 bits per heavy atom. The van der Waals surface area contributed by atoms with E-state index in [1.807, 2.05) is 0 Å². The van der Waals surface area contributed by atoms with Gasteiger partial charge in [-0.1, -0.05) is 0 Å². The number of halogens is 3. The third kappa shape index (κ3) is 4.26. The molecule has 0 bridgehead atoms. The Morgan fingerprint density at radius 1 is 1.47 bits per heavy atom. The predicted octanol–water partition coefficient (Wildman–Crippen LogP) is 2.55. The summed E-state index contributed by atoms with van der Waals surface area (Å²) in [5.74, 6) is -0.459. The number of ether oxygens (including phenoxy) is 1. The minimum atomic E-state index is -4.64. The van der Waals surface area contributed by atoms with Gasteiger partial charge in [0.15, 0.2) is 0 Å². The fourth-order valence-electron chi connectivity index (χ4n) is 1.37. The molecule has 102 valence electrons. The van der Waals surface area contributed by atoms with Gasteiger partial charge in [0.2, 0.25) is 5.91 Å². The van der Waals surface area contributed by atoms with Crippen molar-refractivity contribution in [1.29, 1.82) is 5.26 Å². The van der Waals surface area contributed by atoms with Crippen LogP contribution in [0, 0.1) is 11.3 Å². The molecule has 0 aliphatic rings. The van der Waals surface area contributed by atoms with Gasteiger partial charge in [-0.3, -0.25) is 4.79 Å². The molecular formula is C12H11F3N2O2. The average Bonchev–Trinajstić information content (AvgIpc) is 2.35. The van der Waals surface area contributed by atoms with E-state index >= 15 is 0 Å². The second-order valence-electron chi connectivity index (χ2n) is 3.66. The number of nitrogens with one attached hydrogen (secondary N) is 1. The van der Waals surface area contributed by atoms with E-state index in [-0.39, 0.29) is 18.7 Å². The zero-order valence-electron chi connectivity index (χ0n) is 10.0. The maximum Gasteiger partial charge on any atom is 0.417 e. The third-order valence-electron chi connectivity index (χ3n) is 2.26. The molecular weight excluding hydrogens is 261 g/mol. The maximum absolute atomic E-state index is 12.7. The number of amides is 1. The van der Waals surface area contributed by atoms with Crippen molar-refractivity contribution in [2.24, 2.45) is 0 Å². The Morgan fingerprint density at radius 2 is 2.16 bits per heavy atom. The standard InChI is InChI=1S/C12H11F3N2O2/c1-19-5-4-11(18)17-9-3-2-8(7-16)10(6-9)12(13,14)15/h2-3,6H,4-5H2,1H3,(H,17,18). The number of hydrogen-bond acceptors (Lipinski definition) is 3. The van der Waals surface area contributed by atoms with E-state index in [0.29, 0.717) is 0 Å². The number of alkyl halides is 3. The van der Waals surface area contributed by atoms with E-state index in [9.17, 15) is 18.0 Å². The zero-order valence-corrected chi connectivity index (χ0v) is 10.0. The van der Waals surface area contributed by atoms with E-state index in [1.54, 1.807) is 0 Å². The number of benzene rings is 1. The van der Waals surface area contributed by atoms with Crippen molar-refractivity contribution in [2.75, 3.05) is 19.0 Å². The summed E-state index contributed by atoms with van der Waals surface area (Å²) in [4.78, 5) is 11.3. The number of carbonyl (C=O) groups is 1. The van der Waals surface area contributed by atoms with Crippen LogP contribution in [0.1, 0.15) is 17.5 Å². The fraction of sp³-hybridized carbons (Fsp3) is 0.333. The van der Waals surface area contributed by atoms with Crippen LogP contribution < -0.4 is 5.32 Å². The molecule has 0 aliphatic carbocycles. The molecule has 1 N–H and O–H groups in total. The number of hydrogen-bond donors (Lipinski definition) is 1. The van der Waals surface area contributed by atoms with Crippen molar-refractivity contribution in [2.45, 2.75) is 12.6 Å². The molecule has 1 amide bonds. The normalized spacial score (nSPS) is 10.9. The summed E-state index contributed by atoms with van der Waals surface area (Å²) >= 11 is 0. The van der Waals surface area contributed by atoms with Crippen LogP contribution in [0.5, 0.6) is 0 Å². The summed E-state index contributed by atoms with van der Waals surface area (Å²) in [7, 11) is 1.41. The molecule has 7 heteroatoms.